The molecule has 1 atom stereocenters. The molecule has 0 N–H and O–H groups in total. The Morgan fingerprint density at radius 2 is 1.82 bits per heavy atom. The summed E-state index contributed by atoms with van der Waals surface area (Å²) in [5.41, 5.74) is 5.08. The molecule has 5 rings (SSSR count). The fraction of sp³-hybridized carbons (Fsp3) is 0.292. The molecule has 0 fully saturated rings. The zero-order valence-electron chi connectivity index (χ0n) is 18.7. The van der Waals surface area contributed by atoms with E-state index in [2.05, 4.69) is 10.1 Å². The maximum absolute atomic E-state index is 13.9. The van der Waals surface area contributed by atoms with Crippen molar-refractivity contribution in [1.29, 1.82) is 0 Å². The van der Waals surface area contributed by atoms with Crippen molar-refractivity contribution in [1.82, 2.24) is 24.1 Å². The second-order valence-electron chi connectivity index (χ2n) is 8.49. The van der Waals surface area contributed by atoms with Gasteiger partial charge in [0.25, 0.3) is 5.91 Å². The molecule has 0 bridgehead atoms. The number of rotatable bonds is 2. The van der Waals surface area contributed by atoms with Gasteiger partial charge in [-0.05, 0) is 57.0 Å². The van der Waals surface area contributed by atoms with Crippen molar-refractivity contribution in [2.75, 3.05) is 6.54 Å². The summed E-state index contributed by atoms with van der Waals surface area (Å²) >= 11 is 0. The second-order valence-corrected chi connectivity index (χ2v) is 8.49. The number of hydrogen-bond acceptors (Lipinski definition) is 3. The fourth-order valence-corrected chi connectivity index (χ4v) is 4.73. The monoisotopic (exact) mass is 453 g/mol. The maximum Gasteiger partial charge on any atom is 0.273 e. The number of pyridine rings is 1. The minimum absolute atomic E-state index is 0.159. The number of carbonyl (C=O) groups excluding carboxylic acids is 1. The Hall–Kier alpha value is -3.62. The largest absolute Gasteiger partial charge is 0.329 e. The van der Waals surface area contributed by atoms with Gasteiger partial charge >= 0.3 is 0 Å². The molecule has 0 aliphatic carbocycles. The van der Waals surface area contributed by atoms with Crippen molar-refractivity contribution >= 4 is 11.6 Å². The van der Waals surface area contributed by atoms with Crippen molar-refractivity contribution in [2.24, 2.45) is 7.05 Å². The lowest BCUT2D eigenvalue weighted by atomic mass is 9.95. The Morgan fingerprint density at radius 1 is 1.12 bits per heavy atom. The Labute approximate surface area is 188 Å². The summed E-state index contributed by atoms with van der Waals surface area (Å²) in [6.45, 7) is 6.06. The van der Waals surface area contributed by atoms with Gasteiger partial charge in [-0.15, -0.1) is 0 Å². The fourth-order valence-electron chi connectivity index (χ4n) is 4.73. The maximum atomic E-state index is 13.9. The van der Waals surface area contributed by atoms with Gasteiger partial charge in [-0.3, -0.25) is 13.9 Å². The summed E-state index contributed by atoms with van der Waals surface area (Å²) in [7, 11) is 1.67. The Kier molecular flexibility index (Phi) is 4.81. The van der Waals surface area contributed by atoms with E-state index in [9.17, 15) is 18.0 Å². The molecule has 4 aromatic rings. The quantitative estimate of drug-likeness (QED) is 0.419. The van der Waals surface area contributed by atoms with Gasteiger partial charge in [-0.25, -0.2) is 18.2 Å². The molecular formula is C24H22F3N5O. The minimum atomic E-state index is -1.50. The number of hydrogen-bond donors (Lipinski definition) is 0. The molecule has 170 valence electrons. The zero-order chi connectivity index (χ0) is 23.6. The highest BCUT2D eigenvalue weighted by molar-refractivity contribution is 5.95. The molecule has 1 aliphatic rings. The number of benzene rings is 1. The first-order valence-electron chi connectivity index (χ1n) is 10.6. The molecule has 0 unspecified atom stereocenters. The van der Waals surface area contributed by atoms with Crippen LogP contribution in [0, 0.1) is 31.3 Å². The molecule has 0 radical (unpaired) electrons. The van der Waals surface area contributed by atoms with Crippen LogP contribution in [0.2, 0.25) is 0 Å². The van der Waals surface area contributed by atoms with Crippen molar-refractivity contribution in [3.05, 3.63) is 76.1 Å². The second kappa shape index (κ2) is 7.47. The molecule has 6 nitrogen and oxygen atoms in total. The SMILES string of the molecule is Cc1ccn2c(C(=O)N3CCc4c(nn(C)c4-c4cc(F)c(F)c(F)c4)[C@@H]3C)c(C)nc2c1. The lowest BCUT2D eigenvalue weighted by molar-refractivity contribution is 0.0665. The Bertz CT molecular complexity index is 1410. The third kappa shape index (κ3) is 3.21. The number of halogens is 3. The van der Waals surface area contributed by atoms with Crippen LogP contribution in [0.4, 0.5) is 13.2 Å². The van der Waals surface area contributed by atoms with Crippen molar-refractivity contribution < 1.29 is 18.0 Å². The van der Waals surface area contributed by atoms with Crippen LogP contribution in [0.15, 0.2) is 30.5 Å². The van der Waals surface area contributed by atoms with Gasteiger partial charge < -0.3 is 4.90 Å². The number of fused-ring (bicyclic) bond motifs is 2. The smallest absolute Gasteiger partial charge is 0.273 e. The lowest BCUT2D eigenvalue weighted by Crippen LogP contribution is -2.39. The summed E-state index contributed by atoms with van der Waals surface area (Å²) in [5.74, 6) is -4.16. The first-order valence-corrected chi connectivity index (χ1v) is 10.6. The van der Waals surface area contributed by atoms with Gasteiger partial charge in [0.1, 0.15) is 11.3 Å². The summed E-state index contributed by atoms with van der Waals surface area (Å²) < 4.78 is 44.6. The molecule has 0 saturated carbocycles. The van der Waals surface area contributed by atoms with Gasteiger partial charge in [0.05, 0.1) is 23.1 Å². The predicted octanol–water partition coefficient (Wildman–Crippen LogP) is 4.53. The highest BCUT2D eigenvalue weighted by Gasteiger charge is 2.35. The molecular weight excluding hydrogens is 431 g/mol. The Balaban J connectivity index is 1.54. The van der Waals surface area contributed by atoms with E-state index in [4.69, 9.17) is 0 Å². The average Bonchev–Trinajstić information content (AvgIpc) is 3.27. The van der Waals surface area contributed by atoms with E-state index >= 15 is 0 Å². The first kappa shape index (κ1) is 21.2. The summed E-state index contributed by atoms with van der Waals surface area (Å²) in [6.07, 6.45) is 2.29. The number of aryl methyl sites for hydroxylation is 3. The van der Waals surface area contributed by atoms with Crippen LogP contribution >= 0.6 is 0 Å². The number of aromatic nitrogens is 4. The van der Waals surface area contributed by atoms with Gasteiger partial charge in [0, 0.05) is 30.9 Å². The molecule has 0 saturated heterocycles. The molecule has 1 aliphatic heterocycles. The van der Waals surface area contributed by atoms with E-state index in [1.165, 1.54) is 4.68 Å². The van der Waals surface area contributed by atoms with Gasteiger partial charge in [0.15, 0.2) is 17.5 Å². The topological polar surface area (TPSA) is 55.4 Å². The van der Waals surface area contributed by atoms with E-state index in [1.807, 2.05) is 39.1 Å². The highest BCUT2D eigenvalue weighted by Crippen LogP contribution is 2.37. The molecule has 3 aromatic heterocycles. The number of amides is 1. The summed E-state index contributed by atoms with van der Waals surface area (Å²) in [6, 6.07) is 5.43. The molecule has 0 spiro atoms. The summed E-state index contributed by atoms with van der Waals surface area (Å²) in [5, 5.41) is 4.56. The predicted molar refractivity (Wildman–Crippen MR) is 116 cm³/mol. The van der Waals surface area contributed by atoms with Crippen LogP contribution in [-0.4, -0.2) is 36.5 Å². The molecule has 1 amide bonds. The van der Waals surface area contributed by atoms with Gasteiger partial charge in [0.2, 0.25) is 0 Å². The van der Waals surface area contributed by atoms with E-state index < -0.39 is 17.5 Å². The van der Waals surface area contributed by atoms with Crippen molar-refractivity contribution in [3.63, 3.8) is 0 Å². The van der Waals surface area contributed by atoms with Crippen LogP contribution in [0.3, 0.4) is 0 Å². The first-order chi connectivity index (χ1) is 15.7. The van der Waals surface area contributed by atoms with Crippen LogP contribution < -0.4 is 0 Å². The van der Waals surface area contributed by atoms with Crippen LogP contribution in [0.25, 0.3) is 16.9 Å². The van der Waals surface area contributed by atoms with Crippen LogP contribution in [0.1, 0.15) is 46.0 Å². The molecule has 4 heterocycles. The van der Waals surface area contributed by atoms with Crippen LogP contribution in [0.5, 0.6) is 0 Å². The lowest BCUT2D eigenvalue weighted by Gasteiger charge is -2.33. The number of carbonyl (C=O) groups is 1. The van der Waals surface area contributed by atoms with E-state index in [1.54, 1.807) is 16.3 Å². The van der Waals surface area contributed by atoms with E-state index in [0.29, 0.717) is 41.4 Å². The third-order valence-corrected chi connectivity index (χ3v) is 6.32. The number of nitrogens with zero attached hydrogens (tertiary/aromatic N) is 5. The van der Waals surface area contributed by atoms with Crippen molar-refractivity contribution in [3.8, 4) is 11.3 Å². The third-order valence-electron chi connectivity index (χ3n) is 6.32. The normalized spacial score (nSPS) is 15.8. The zero-order valence-corrected chi connectivity index (χ0v) is 18.7. The van der Waals surface area contributed by atoms with E-state index in [-0.39, 0.29) is 17.5 Å². The Morgan fingerprint density at radius 3 is 2.52 bits per heavy atom. The van der Waals surface area contributed by atoms with Crippen molar-refractivity contribution in [2.45, 2.75) is 33.2 Å². The molecule has 9 heteroatoms. The van der Waals surface area contributed by atoms with E-state index in [0.717, 1.165) is 23.3 Å². The van der Waals surface area contributed by atoms with Gasteiger partial charge in [-0.1, -0.05) is 0 Å². The van der Waals surface area contributed by atoms with Crippen LogP contribution in [-0.2, 0) is 13.5 Å². The average molecular weight is 453 g/mol. The standard InChI is InChI=1S/C24H22F3N5O/c1-12-5-7-32-19(9-12)28-13(2)22(32)24(33)31-8-6-16-21(14(31)3)29-30(4)23(16)15-10-17(25)20(27)18(26)11-15/h5,7,9-11,14H,6,8H2,1-4H3/t14-/m0/s1. The number of imidazole rings is 1. The minimum Gasteiger partial charge on any atom is -0.329 e. The highest BCUT2D eigenvalue weighted by atomic mass is 19.2. The molecule has 33 heavy (non-hydrogen) atoms. The molecule has 1 aromatic carbocycles. The van der Waals surface area contributed by atoms with Gasteiger partial charge in [-0.2, -0.15) is 5.10 Å². The summed E-state index contributed by atoms with van der Waals surface area (Å²) in [4.78, 5) is 19.9.